The van der Waals surface area contributed by atoms with E-state index in [1.165, 1.54) is 0 Å². The molecule has 1 saturated heterocycles. The number of anilines is 1. The van der Waals surface area contributed by atoms with Crippen LogP contribution in [0, 0.1) is 6.92 Å². The first kappa shape index (κ1) is 17.0. The lowest BCUT2D eigenvalue weighted by Gasteiger charge is -2.25. The van der Waals surface area contributed by atoms with E-state index in [-0.39, 0.29) is 24.0 Å². The lowest BCUT2D eigenvalue weighted by molar-refractivity contribution is -0.129. The van der Waals surface area contributed by atoms with E-state index in [0.717, 1.165) is 11.3 Å². The maximum Gasteiger partial charge on any atom is 0.320 e. The maximum atomic E-state index is 12.3. The van der Waals surface area contributed by atoms with Gasteiger partial charge in [0, 0.05) is 18.7 Å². The molecule has 1 aliphatic heterocycles. The number of nitrogens with zero attached hydrogens (tertiary/aromatic N) is 2. The van der Waals surface area contributed by atoms with Gasteiger partial charge in [0.2, 0.25) is 5.91 Å². The molecule has 25 heavy (non-hydrogen) atoms. The topological polar surface area (TPSA) is 74.3 Å². The number of urea groups is 1. The Morgan fingerprint density at radius 1 is 1.20 bits per heavy atom. The van der Waals surface area contributed by atoms with Crippen LogP contribution >= 0.6 is 0 Å². The predicted molar refractivity (Wildman–Crippen MR) is 96.1 cm³/mol. The highest BCUT2D eigenvalue weighted by molar-refractivity contribution is 5.89. The monoisotopic (exact) mass is 338 g/mol. The number of likely N-dealkylation sites (tertiary alicyclic amines) is 1. The summed E-state index contributed by atoms with van der Waals surface area (Å²) in [5.74, 6) is 0.548. The van der Waals surface area contributed by atoms with Crippen molar-refractivity contribution in [1.29, 1.82) is 0 Å². The molecule has 130 valence electrons. The molecule has 2 aromatic rings. The van der Waals surface area contributed by atoms with Gasteiger partial charge < -0.3 is 10.2 Å². The van der Waals surface area contributed by atoms with Crippen LogP contribution in [0.2, 0.25) is 0 Å². The van der Waals surface area contributed by atoms with Crippen molar-refractivity contribution >= 4 is 17.8 Å². The second kappa shape index (κ2) is 7.34. The van der Waals surface area contributed by atoms with Crippen molar-refractivity contribution < 1.29 is 9.59 Å². The number of aryl methyl sites for hydroxylation is 1. The lowest BCUT2D eigenvalue weighted by atomic mass is 10.1. The molecule has 3 amide bonds. The third-order valence-electron chi connectivity index (χ3n) is 4.37. The third-order valence-corrected chi connectivity index (χ3v) is 4.37. The van der Waals surface area contributed by atoms with Crippen molar-refractivity contribution in [2.24, 2.45) is 0 Å². The molecule has 2 N–H and O–H groups in total. The molecule has 0 spiro atoms. The van der Waals surface area contributed by atoms with Crippen LogP contribution in [0.5, 0.6) is 0 Å². The summed E-state index contributed by atoms with van der Waals surface area (Å²) in [5.41, 5.74) is 1.92. The Bertz CT molecular complexity index is 763. The Balaban J connectivity index is 1.58. The van der Waals surface area contributed by atoms with Crippen molar-refractivity contribution in [3.05, 3.63) is 59.8 Å². The van der Waals surface area contributed by atoms with Crippen LogP contribution in [0.15, 0.2) is 48.5 Å². The highest BCUT2D eigenvalue weighted by Crippen LogP contribution is 2.25. The second-order valence-electron chi connectivity index (χ2n) is 6.30. The molecule has 1 fully saturated rings. The number of carbonyl (C=O) groups is 2. The van der Waals surface area contributed by atoms with Gasteiger partial charge in [-0.25, -0.2) is 9.78 Å². The van der Waals surface area contributed by atoms with Crippen molar-refractivity contribution in [1.82, 2.24) is 15.2 Å². The van der Waals surface area contributed by atoms with E-state index in [1.807, 2.05) is 61.2 Å². The smallest absolute Gasteiger partial charge is 0.320 e. The van der Waals surface area contributed by atoms with Crippen LogP contribution in [-0.4, -0.2) is 34.4 Å². The van der Waals surface area contributed by atoms with E-state index in [4.69, 9.17) is 0 Å². The molecule has 1 aliphatic rings. The number of pyridine rings is 1. The predicted octanol–water partition coefficient (Wildman–Crippen LogP) is 2.87. The average molecular weight is 338 g/mol. The SMILES string of the molecule is Cc1cccc(NC(=O)NC2CC(=O)N(C(C)c3ccccc3)C2)n1. The minimum Gasteiger partial charge on any atom is -0.334 e. The molecule has 6 heteroatoms. The Kier molecular flexibility index (Phi) is 4.97. The molecular weight excluding hydrogens is 316 g/mol. The fraction of sp³-hybridized carbons (Fsp3) is 0.316. The normalized spacial score (nSPS) is 18.1. The highest BCUT2D eigenvalue weighted by atomic mass is 16.2. The minimum atomic E-state index is -0.342. The molecular formula is C19H22N4O2. The van der Waals surface area contributed by atoms with Gasteiger partial charge in [-0.2, -0.15) is 0 Å². The van der Waals surface area contributed by atoms with Crippen LogP contribution in [0.25, 0.3) is 0 Å². The summed E-state index contributed by atoms with van der Waals surface area (Å²) in [6.07, 6.45) is 0.311. The third kappa shape index (κ3) is 4.15. The van der Waals surface area contributed by atoms with Crippen LogP contribution in [0.1, 0.15) is 30.6 Å². The highest BCUT2D eigenvalue weighted by Gasteiger charge is 2.33. The molecule has 2 heterocycles. The standard InChI is InChI=1S/C19H22N4O2/c1-13-7-6-10-17(20-13)22-19(25)21-16-11-18(24)23(12-16)14(2)15-8-4-3-5-9-15/h3-10,14,16H,11-12H2,1-2H3,(H2,20,21,22,25). The van der Waals surface area contributed by atoms with Gasteiger partial charge in [0.1, 0.15) is 5.82 Å². The van der Waals surface area contributed by atoms with Gasteiger partial charge in [-0.1, -0.05) is 36.4 Å². The van der Waals surface area contributed by atoms with Gasteiger partial charge in [0.15, 0.2) is 0 Å². The van der Waals surface area contributed by atoms with E-state index in [0.29, 0.717) is 18.8 Å². The number of hydrogen-bond acceptors (Lipinski definition) is 3. The van der Waals surface area contributed by atoms with E-state index in [1.54, 1.807) is 6.07 Å². The quantitative estimate of drug-likeness (QED) is 0.900. The van der Waals surface area contributed by atoms with Crippen LogP contribution < -0.4 is 10.6 Å². The zero-order chi connectivity index (χ0) is 17.8. The number of amides is 3. The first-order valence-corrected chi connectivity index (χ1v) is 8.38. The summed E-state index contributed by atoms with van der Waals surface area (Å²) in [5, 5.41) is 5.57. The van der Waals surface area contributed by atoms with E-state index >= 15 is 0 Å². The molecule has 6 nitrogen and oxygen atoms in total. The summed E-state index contributed by atoms with van der Waals surface area (Å²) < 4.78 is 0. The zero-order valence-corrected chi connectivity index (χ0v) is 14.4. The maximum absolute atomic E-state index is 12.3. The molecule has 0 bridgehead atoms. The summed E-state index contributed by atoms with van der Waals surface area (Å²) in [6, 6.07) is 14.8. The number of benzene rings is 1. The summed E-state index contributed by atoms with van der Waals surface area (Å²) in [4.78, 5) is 30.5. The fourth-order valence-corrected chi connectivity index (χ4v) is 3.06. The summed E-state index contributed by atoms with van der Waals surface area (Å²) in [7, 11) is 0. The molecule has 3 rings (SSSR count). The first-order chi connectivity index (χ1) is 12.0. The molecule has 0 radical (unpaired) electrons. The first-order valence-electron chi connectivity index (χ1n) is 8.38. The number of nitrogens with one attached hydrogen (secondary N) is 2. The van der Waals surface area contributed by atoms with E-state index in [2.05, 4.69) is 15.6 Å². The molecule has 0 saturated carbocycles. The van der Waals surface area contributed by atoms with Gasteiger partial charge in [-0.15, -0.1) is 0 Å². The number of hydrogen-bond donors (Lipinski definition) is 2. The van der Waals surface area contributed by atoms with Crippen LogP contribution in [0.4, 0.5) is 10.6 Å². The molecule has 1 aromatic carbocycles. The number of aromatic nitrogens is 1. The van der Waals surface area contributed by atoms with Crippen molar-refractivity contribution in [2.75, 3.05) is 11.9 Å². The minimum absolute atomic E-state index is 0.0120. The zero-order valence-electron chi connectivity index (χ0n) is 14.4. The lowest BCUT2D eigenvalue weighted by Crippen LogP contribution is -2.40. The van der Waals surface area contributed by atoms with Gasteiger partial charge >= 0.3 is 6.03 Å². The second-order valence-corrected chi connectivity index (χ2v) is 6.30. The summed E-state index contributed by atoms with van der Waals surface area (Å²) in [6.45, 7) is 4.37. The van der Waals surface area contributed by atoms with Gasteiger partial charge in [0.05, 0.1) is 12.1 Å². The number of carbonyl (C=O) groups excluding carboxylic acids is 2. The number of rotatable bonds is 4. The van der Waals surface area contributed by atoms with Gasteiger partial charge in [-0.05, 0) is 31.5 Å². The van der Waals surface area contributed by atoms with E-state index in [9.17, 15) is 9.59 Å². The molecule has 2 atom stereocenters. The summed E-state index contributed by atoms with van der Waals surface area (Å²) >= 11 is 0. The molecule has 1 aromatic heterocycles. The van der Waals surface area contributed by atoms with E-state index < -0.39 is 0 Å². The average Bonchev–Trinajstić information content (AvgIpc) is 2.95. The largest absolute Gasteiger partial charge is 0.334 e. The fourth-order valence-electron chi connectivity index (χ4n) is 3.06. The van der Waals surface area contributed by atoms with Gasteiger partial charge in [0.25, 0.3) is 0 Å². The van der Waals surface area contributed by atoms with Crippen molar-refractivity contribution in [2.45, 2.75) is 32.4 Å². The Morgan fingerprint density at radius 2 is 1.96 bits per heavy atom. The van der Waals surface area contributed by atoms with Crippen molar-refractivity contribution in [3.63, 3.8) is 0 Å². The Morgan fingerprint density at radius 3 is 2.68 bits per heavy atom. The van der Waals surface area contributed by atoms with Crippen LogP contribution in [0.3, 0.4) is 0 Å². The van der Waals surface area contributed by atoms with Crippen molar-refractivity contribution in [3.8, 4) is 0 Å². The molecule has 0 aliphatic carbocycles. The Hall–Kier alpha value is -2.89. The van der Waals surface area contributed by atoms with Gasteiger partial charge in [-0.3, -0.25) is 10.1 Å². The molecule has 2 unspecified atom stereocenters. The van der Waals surface area contributed by atoms with Crippen LogP contribution in [-0.2, 0) is 4.79 Å². The Labute approximate surface area is 147 Å².